The van der Waals surface area contributed by atoms with Gasteiger partial charge in [0.25, 0.3) is 0 Å². The molecule has 0 saturated heterocycles. The minimum absolute atomic E-state index is 0.0647. The minimum atomic E-state index is -0.242. The zero-order valence-corrected chi connectivity index (χ0v) is 13.5. The Morgan fingerprint density at radius 1 is 1.30 bits per heavy atom. The molecule has 1 rings (SSSR count). The summed E-state index contributed by atoms with van der Waals surface area (Å²) in [6, 6.07) is 2.18. The van der Waals surface area contributed by atoms with Gasteiger partial charge in [0, 0.05) is 18.4 Å². The molecule has 0 spiro atoms. The summed E-state index contributed by atoms with van der Waals surface area (Å²) >= 11 is 0. The van der Waals surface area contributed by atoms with Crippen LogP contribution in [0.4, 0.5) is 5.82 Å². The van der Waals surface area contributed by atoms with Gasteiger partial charge in [-0.25, -0.2) is 4.98 Å². The third-order valence-electron chi connectivity index (χ3n) is 3.96. The van der Waals surface area contributed by atoms with Crippen molar-refractivity contribution in [2.75, 3.05) is 18.9 Å². The number of hydrogen-bond donors (Lipinski definition) is 2. The summed E-state index contributed by atoms with van der Waals surface area (Å²) in [5.41, 5.74) is 8.04. The Bertz CT molecular complexity index is 416. The van der Waals surface area contributed by atoms with Crippen LogP contribution in [0.25, 0.3) is 0 Å². The maximum atomic E-state index is 6.15. The average Bonchev–Trinajstić information content (AvgIpc) is 2.45. The van der Waals surface area contributed by atoms with E-state index in [1.54, 1.807) is 0 Å². The SMILES string of the molecule is CCNC(c1cc(C)cnc1N)C(CC)(CC)OCC. The van der Waals surface area contributed by atoms with E-state index >= 15 is 0 Å². The van der Waals surface area contributed by atoms with Gasteiger partial charge in [-0.3, -0.25) is 0 Å². The van der Waals surface area contributed by atoms with E-state index in [1.807, 2.05) is 20.0 Å². The van der Waals surface area contributed by atoms with Crippen LogP contribution in [0.5, 0.6) is 0 Å². The van der Waals surface area contributed by atoms with Gasteiger partial charge in [0.15, 0.2) is 0 Å². The summed E-state index contributed by atoms with van der Waals surface area (Å²) in [4.78, 5) is 4.31. The van der Waals surface area contributed by atoms with Gasteiger partial charge in [-0.05, 0) is 44.9 Å². The molecule has 0 bridgehead atoms. The van der Waals surface area contributed by atoms with Crippen LogP contribution in [0, 0.1) is 6.92 Å². The topological polar surface area (TPSA) is 60.2 Å². The highest BCUT2D eigenvalue weighted by Crippen LogP contribution is 2.37. The fourth-order valence-electron chi connectivity index (χ4n) is 2.85. The first-order chi connectivity index (χ1) is 9.54. The zero-order chi connectivity index (χ0) is 15.2. The van der Waals surface area contributed by atoms with E-state index in [1.165, 1.54) is 0 Å². The molecule has 0 aliphatic heterocycles. The van der Waals surface area contributed by atoms with E-state index in [0.29, 0.717) is 12.4 Å². The molecule has 0 aliphatic carbocycles. The van der Waals surface area contributed by atoms with Crippen molar-refractivity contribution in [2.24, 2.45) is 0 Å². The fraction of sp³-hybridized carbons (Fsp3) is 0.688. The van der Waals surface area contributed by atoms with Gasteiger partial charge in [-0.2, -0.15) is 0 Å². The van der Waals surface area contributed by atoms with Gasteiger partial charge in [0.1, 0.15) is 5.82 Å². The summed E-state index contributed by atoms with van der Waals surface area (Å²) in [6.07, 6.45) is 3.67. The van der Waals surface area contributed by atoms with Gasteiger partial charge in [0.05, 0.1) is 11.6 Å². The lowest BCUT2D eigenvalue weighted by molar-refractivity contribution is -0.0729. The fourth-order valence-corrected chi connectivity index (χ4v) is 2.85. The molecule has 4 heteroatoms. The second-order valence-electron chi connectivity index (χ2n) is 5.18. The number of hydrogen-bond acceptors (Lipinski definition) is 4. The van der Waals surface area contributed by atoms with E-state index in [-0.39, 0.29) is 11.6 Å². The number of nitrogens with two attached hydrogens (primary N) is 1. The molecule has 0 saturated carbocycles. The number of aromatic nitrogens is 1. The van der Waals surface area contributed by atoms with Crippen LogP contribution >= 0.6 is 0 Å². The van der Waals surface area contributed by atoms with E-state index in [9.17, 15) is 0 Å². The molecule has 114 valence electrons. The van der Waals surface area contributed by atoms with Gasteiger partial charge >= 0.3 is 0 Å². The van der Waals surface area contributed by atoms with Crippen LogP contribution in [0.3, 0.4) is 0 Å². The molecular formula is C16H29N3O. The Morgan fingerprint density at radius 2 is 1.95 bits per heavy atom. The summed E-state index contributed by atoms with van der Waals surface area (Å²) in [6.45, 7) is 12.1. The molecule has 0 fully saturated rings. The molecule has 1 atom stereocenters. The molecule has 1 unspecified atom stereocenters. The van der Waals surface area contributed by atoms with Crippen LogP contribution in [0.2, 0.25) is 0 Å². The first kappa shape index (κ1) is 16.9. The number of anilines is 1. The van der Waals surface area contributed by atoms with Crippen LogP contribution < -0.4 is 11.1 Å². The van der Waals surface area contributed by atoms with Crippen molar-refractivity contribution in [1.82, 2.24) is 10.3 Å². The molecule has 1 aromatic heterocycles. The van der Waals surface area contributed by atoms with Gasteiger partial charge in [-0.15, -0.1) is 0 Å². The molecule has 0 aromatic carbocycles. The Hall–Kier alpha value is -1.13. The number of pyridine rings is 1. The molecule has 0 amide bonds. The zero-order valence-electron chi connectivity index (χ0n) is 13.5. The lowest BCUT2D eigenvalue weighted by Gasteiger charge is -2.40. The third kappa shape index (κ3) is 3.49. The van der Waals surface area contributed by atoms with E-state index in [4.69, 9.17) is 10.5 Å². The Morgan fingerprint density at radius 3 is 2.45 bits per heavy atom. The molecule has 4 nitrogen and oxygen atoms in total. The van der Waals surface area contributed by atoms with Crippen molar-refractivity contribution >= 4 is 5.82 Å². The molecular weight excluding hydrogens is 250 g/mol. The Labute approximate surface area is 123 Å². The highest BCUT2D eigenvalue weighted by atomic mass is 16.5. The largest absolute Gasteiger partial charge is 0.383 e. The standard InChI is InChI=1S/C16H29N3O/c1-6-16(7-2,20-9-4)14(18-8-3)13-10-12(5)11-19-15(13)17/h10-11,14,18H,6-9H2,1-5H3,(H2,17,19). The highest BCUT2D eigenvalue weighted by Gasteiger charge is 2.38. The van der Waals surface area contributed by atoms with Gasteiger partial charge < -0.3 is 15.8 Å². The van der Waals surface area contributed by atoms with Crippen molar-refractivity contribution in [1.29, 1.82) is 0 Å². The molecule has 3 N–H and O–H groups in total. The van der Waals surface area contributed by atoms with Crippen LogP contribution in [-0.4, -0.2) is 23.7 Å². The van der Waals surface area contributed by atoms with Crippen LogP contribution in [0.1, 0.15) is 57.7 Å². The monoisotopic (exact) mass is 279 g/mol. The van der Waals surface area contributed by atoms with Crippen molar-refractivity contribution < 1.29 is 4.74 Å². The Kier molecular flexibility index (Phi) is 6.43. The normalized spacial score (nSPS) is 13.4. The lowest BCUT2D eigenvalue weighted by Crippen LogP contribution is -2.46. The van der Waals surface area contributed by atoms with Crippen molar-refractivity contribution in [3.8, 4) is 0 Å². The second kappa shape index (κ2) is 7.60. The molecule has 0 aliphatic rings. The minimum Gasteiger partial charge on any atom is -0.383 e. The number of nitrogen functional groups attached to an aromatic ring is 1. The van der Waals surface area contributed by atoms with Crippen molar-refractivity contribution in [3.63, 3.8) is 0 Å². The summed E-state index contributed by atoms with van der Waals surface area (Å²) < 4.78 is 6.15. The predicted molar refractivity (Wildman–Crippen MR) is 84.7 cm³/mol. The van der Waals surface area contributed by atoms with Gasteiger partial charge in [-0.1, -0.05) is 20.8 Å². The quantitative estimate of drug-likeness (QED) is 0.767. The van der Waals surface area contributed by atoms with E-state index in [2.05, 4.69) is 37.1 Å². The summed E-state index contributed by atoms with van der Waals surface area (Å²) in [5, 5.41) is 3.55. The van der Waals surface area contributed by atoms with Crippen molar-refractivity contribution in [2.45, 2.75) is 59.1 Å². The van der Waals surface area contributed by atoms with Gasteiger partial charge in [0.2, 0.25) is 0 Å². The lowest BCUT2D eigenvalue weighted by atomic mass is 9.83. The number of nitrogens with zero attached hydrogens (tertiary/aromatic N) is 1. The van der Waals surface area contributed by atoms with Crippen LogP contribution in [0.15, 0.2) is 12.3 Å². The first-order valence-electron chi connectivity index (χ1n) is 7.63. The first-order valence-corrected chi connectivity index (χ1v) is 7.63. The molecule has 1 heterocycles. The number of ether oxygens (including phenoxy) is 1. The van der Waals surface area contributed by atoms with Crippen LogP contribution in [-0.2, 0) is 4.74 Å². The summed E-state index contributed by atoms with van der Waals surface area (Å²) in [5.74, 6) is 0.590. The average molecular weight is 279 g/mol. The molecule has 20 heavy (non-hydrogen) atoms. The number of rotatable bonds is 8. The number of aryl methyl sites for hydroxylation is 1. The summed E-state index contributed by atoms with van der Waals surface area (Å²) in [7, 11) is 0. The van der Waals surface area contributed by atoms with Crippen molar-refractivity contribution in [3.05, 3.63) is 23.4 Å². The maximum absolute atomic E-state index is 6.15. The second-order valence-corrected chi connectivity index (χ2v) is 5.18. The Balaban J connectivity index is 3.29. The van der Waals surface area contributed by atoms with E-state index < -0.39 is 0 Å². The smallest absolute Gasteiger partial charge is 0.128 e. The predicted octanol–water partition coefficient (Wildman–Crippen LogP) is 3.22. The number of likely N-dealkylation sites (N-methyl/N-ethyl adjacent to an activating group) is 1. The maximum Gasteiger partial charge on any atom is 0.128 e. The third-order valence-corrected chi connectivity index (χ3v) is 3.96. The molecule has 1 aromatic rings. The van der Waals surface area contributed by atoms with E-state index in [0.717, 1.165) is 30.5 Å². The highest BCUT2D eigenvalue weighted by molar-refractivity contribution is 5.44. The molecule has 0 radical (unpaired) electrons. The number of nitrogens with one attached hydrogen (secondary N) is 1.